The van der Waals surface area contributed by atoms with Crippen molar-refractivity contribution in [3.05, 3.63) is 65.2 Å². The van der Waals surface area contributed by atoms with Gasteiger partial charge in [-0.2, -0.15) is 18.4 Å². The molecule has 1 saturated heterocycles. The minimum absolute atomic E-state index is 0. The van der Waals surface area contributed by atoms with E-state index in [1.165, 1.54) is 36.9 Å². The first-order valence-electron chi connectivity index (χ1n) is 9.97. The quantitative estimate of drug-likeness (QED) is 0.565. The summed E-state index contributed by atoms with van der Waals surface area (Å²) in [6.07, 6.45) is -2.71. The minimum Gasteiger partial charge on any atom is -0.496 e. The molecule has 0 radical (unpaired) electrons. The predicted octanol–water partition coefficient (Wildman–Crippen LogP) is 5.47. The fourth-order valence-corrected chi connectivity index (χ4v) is 3.88. The van der Waals surface area contributed by atoms with E-state index in [2.05, 4.69) is 22.8 Å². The lowest BCUT2D eigenvalue weighted by molar-refractivity contribution is -0.168. The molecule has 0 spiro atoms. The molecule has 4 nitrogen and oxygen atoms in total. The summed E-state index contributed by atoms with van der Waals surface area (Å²) >= 11 is 0. The summed E-state index contributed by atoms with van der Waals surface area (Å²) in [6, 6.07) is 16.0. The van der Waals surface area contributed by atoms with Gasteiger partial charge in [-0.15, -0.1) is 24.8 Å². The van der Waals surface area contributed by atoms with Crippen LogP contribution < -0.4 is 15.4 Å². The molecule has 0 amide bonds. The fraction of sp³-hybridized carbons (Fsp3) is 0.435. The average molecular weight is 490 g/mol. The van der Waals surface area contributed by atoms with E-state index in [4.69, 9.17) is 4.74 Å². The Bertz CT molecular complexity index is 906. The third-order valence-electron chi connectivity index (χ3n) is 5.82. The van der Waals surface area contributed by atoms with Gasteiger partial charge in [0.2, 0.25) is 0 Å². The van der Waals surface area contributed by atoms with Crippen LogP contribution in [0.5, 0.6) is 5.75 Å². The molecule has 2 N–H and O–H groups in total. The molecule has 3 atom stereocenters. The first-order chi connectivity index (χ1) is 14.3. The van der Waals surface area contributed by atoms with Crippen LogP contribution in [0.25, 0.3) is 0 Å². The van der Waals surface area contributed by atoms with Gasteiger partial charge in [0.05, 0.1) is 13.2 Å². The summed E-state index contributed by atoms with van der Waals surface area (Å²) in [5.41, 5.74) is -0.897. The van der Waals surface area contributed by atoms with Crippen LogP contribution in [-0.2, 0) is 12.0 Å². The van der Waals surface area contributed by atoms with Gasteiger partial charge in [0, 0.05) is 24.2 Å². The zero-order chi connectivity index (χ0) is 21.8. The minimum atomic E-state index is -4.67. The maximum Gasteiger partial charge on any atom is 0.410 e. The summed E-state index contributed by atoms with van der Waals surface area (Å²) in [5.74, 6) is 0.494. The van der Waals surface area contributed by atoms with Gasteiger partial charge in [-0.05, 0) is 49.6 Å². The standard InChI is InChI=1S/C23H26F3N3O.2ClH/c1-22(15-27,23(24,25)26)18-10-11-20(30-2)17(13-18)14-29-19-9-6-12-28-21(19)16-7-4-3-5-8-16;;/h3-5,7-8,10-11,13,19,21,28-29H,6,9,12,14H2,1-2H3;2*1H/t19-,21-,22?;;/m0../s1. The van der Waals surface area contributed by atoms with Crippen molar-refractivity contribution in [2.45, 2.75) is 50.0 Å². The average Bonchev–Trinajstić information content (AvgIpc) is 2.77. The number of hydrogen-bond acceptors (Lipinski definition) is 4. The Morgan fingerprint density at radius 3 is 2.44 bits per heavy atom. The smallest absolute Gasteiger partial charge is 0.410 e. The molecule has 1 aliphatic heterocycles. The van der Waals surface area contributed by atoms with Crippen LogP contribution in [-0.4, -0.2) is 25.9 Å². The number of hydrogen-bond donors (Lipinski definition) is 2. The number of nitrogens with one attached hydrogen (secondary N) is 2. The molecule has 0 aliphatic carbocycles. The largest absolute Gasteiger partial charge is 0.496 e. The van der Waals surface area contributed by atoms with Crippen molar-refractivity contribution < 1.29 is 17.9 Å². The van der Waals surface area contributed by atoms with Gasteiger partial charge in [0.25, 0.3) is 0 Å². The molecule has 1 aliphatic rings. The van der Waals surface area contributed by atoms with Crippen molar-refractivity contribution in [2.75, 3.05) is 13.7 Å². The molecule has 0 saturated carbocycles. The Balaban J connectivity index is 0.00000256. The molecule has 2 aromatic rings. The van der Waals surface area contributed by atoms with Crippen LogP contribution in [0.1, 0.15) is 42.5 Å². The van der Waals surface area contributed by atoms with E-state index in [0.717, 1.165) is 26.3 Å². The van der Waals surface area contributed by atoms with E-state index in [1.807, 2.05) is 18.2 Å². The van der Waals surface area contributed by atoms with Crippen LogP contribution in [0.4, 0.5) is 13.2 Å². The van der Waals surface area contributed by atoms with E-state index < -0.39 is 11.6 Å². The number of methoxy groups -OCH3 is 1. The molecule has 32 heavy (non-hydrogen) atoms. The summed E-state index contributed by atoms with van der Waals surface area (Å²) < 4.78 is 46.0. The molecule has 9 heteroatoms. The number of ether oxygens (including phenoxy) is 1. The number of rotatable bonds is 6. The Labute approximate surface area is 199 Å². The second-order valence-corrected chi connectivity index (χ2v) is 7.73. The van der Waals surface area contributed by atoms with Crippen molar-refractivity contribution >= 4 is 24.8 Å². The number of halogens is 5. The van der Waals surface area contributed by atoms with Gasteiger partial charge in [-0.25, -0.2) is 0 Å². The molecule has 1 unspecified atom stereocenters. The maximum absolute atomic E-state index is 13.5. The Hall–Kier alpha value is -1.98. The van der Waals surface area contributed by atoms with Gasteiger partial charge in [-0.1, -0.05) is 36.4 Å². The van der Waals surface area contributed by atoms with Crippen LogP contribution >= 0.6 is 24.8 Å². The van der Waals surface area contributed by atoms with Crippen molar-refractivity contribution in [3.8, 4) is 11.8 Å². The Morgan fingerprint density at radius 2 is 1.84 bits per heavy atom. The normalized spacial score (nSPS) is 20.1. The Morgan fingerprint density at radius 1 is 1.16 bits per heavy atom. The third kappa shape index (κ3) is 5.87. The lowest BCUT2D eigenvalue weighted by Crippen LogP contribution is -2.45. The van der Waals surface area contributed by atoms with Crippen LogP contribution in [0.15, 0.2) is 48.5 Å². The number of nitrogens with zero attached hydrogens (tertiary/aromatic N) is 1. The third-order valence-corrected chi connectivity index (χ3v) is 5.82. The van der Waals surface area contributed by atoms with E-state index in [1.54, 1.807) is 0 Å². The molecule has 0 aromatic heterocycles. The lowest BCUT2D eigenvalue weighted by atomic mass is 9.82. The van der Waals surface area contributed by atoms with Crippen molar-refractivity contribution in [1.82, 2.24) is 10.6 Å². The van der Waals surface area contributed by atoms with Crippen molar-refractivity contribution in [2.24, 2.45) is 0 Å². The molecule has 1 heterocycles. The summed E-state index contributed by atoms with van der Waals surface area (Å²) in [7, 11) is 1.49. The fourth-order valence-electron chi connectivity index (χ4n) is 3.88. The molecule has 0 bridgehead atoms. The lowest BCUT2D eigenvalue weighted by Gasteiger charge is -2.34. The summed E-state index contributed by atoms with van der Waals surface area (Å²) in [6.45, 7) is 2.16. The molecular formula is C23H28Cl2F3N3O. The number of benzene rings is 2. The zero-order valence-corrected chi connectivity index (χ0v) is 19.5. The maximum atomic E-state index is 13.5. The van der Waals surface area contributed by atoms with Gasteiger partial charge < -0.3 is 15.4 Å². The summed E-state index contributed by atoms with van der Waals surface area (Å²) in [4.78, 5) is 0. The highest BCUT2D eigenvalue weighted by Gasteiger charge is 2.53. The second-order valence-electron chi connectivity index (χ2n) is 7.73. The van der Waals surface area contributed by atoms with E-state index >= 15 is 0 Å². The Kier molecular flexibility index (Phi) is 10.3. The zero-order valence-electron chi connectivity index (χ0n) is 17.9. The van der Waals surface area contributed by atoms with E-state index in [-0.39, 0.29) is 42.5 Å². The van der Waals surface area contributed by atoms with Gasteiger partial charge >= 0.3 is 6.18 Å². The van der Waals surface area contributed by atoms with Gasteiger partial charge in [0.1, 0.15) is 5.75 Å². The number of piperidine rings is 1. The first kappa shape index (κ1) is 28.1. The van der Waals surface area contributed by atoms with Crippen LogP contribution in [0, 0.1) is 11.3 Å². The van der Waals surface area contributed by atoms with Gasteiger partial charge in [-0.3, -0.25) is 0 Å². The monoisotopic (exact) mass is 489 g/mol. The topological polar surface area (TPSA) is 57.1 Å². The molecule has 1 fully saturated rings. The molecular weight excluding hydrogens is 462 g/mol. The van der Waals surface area contributed by atoms with Crippen molar-refractivity contribution in [3.63, 3.8) is 0 Å². The highest BCUT2D eigenvalue weighted by Crippen LogP contribution is 2.41. The highest BCUT2D eigenvalue weighted by molar-refractivity contribution is 5.85. The number of alkyl halides is 3. The highest BCUT2D eigenvalue weighted by atomic mass is 35.5. The SMILES string of the molecule is COc1ccc(C(C)(C#N)C(F)(F)F)cc1CN[C@H]1CCCN[C@H]1c1ccccc1.Cl.Cl. The first-order valence-corrected chi connectivity index (χ1v) is 9.97. The van der Waals surface area contributed by atoms with Crippen LogP contribution in [0.2, 0.25) is 0 Å². The second kappa shape index (κ2) is 11.8. The molecule has 3 rings (SSSR count). The van der Waals surface area contributed by atoms with E-state index in [9.17, 15) is 18.4 Å². The van der Waals surface area contributed by atoms with Gasteiger partial charge in [0.15, 0.2) is 5.41 Å². The summed E-state index contributed by atoms with van der Waals surface area (Å²) in [5, 5.41) is 16.3. The van der Waals surface area contributed by atoms with Crippen LogP contribution in [0.3, 0.4) is 0 Å². The molecule has 2 aromatic carbocycles. The van der Waals surface area contributed by atoms with E-state index in [0.29, 0.717) is 17.9 Å². The van der Waals surface area contributed by atoms with Crippen molar-refractivity contribution in [1.29, 1.82) is 5.26 Å². The molecule has 176 valence electrons. The predicted molar refractivity (Wildman–Crippen MR) is 124 cm³/mol. The number of nitriles is 1.